The third-order valence-corrected chi connectivity index (χ3v) is 6.62. The van der Waals surface area contributed by atoms with Crippen LogP contribution in [-0.2, 0) is 10.0 Å². The maximum Gasteiger partial charge on any atom is 0.317 e. The molecule has 126 valence electrons. The Bertz CT molecular complexity index is 683. The summed E-state index contributed by atoms with van der Waals surface area (Å²) in [7, 11) is -3.61. The van der Waals surface area contributed by atoms with E-state index >= 15 is 0 Å². The molecule has 2 aliphatic rings. The summed E-state index contributed by atoms with van der Waals surface area (Å²) in [6.07, 6.45) is 2.37. The highest BCUT2D eigenvalue weighted by atomic mass is 35.5. The van der Waals surface area contributed by atoms with Gasteiger partial charge in [0.1, 0.15) is 4.90 Å². The van der Waals surface area contributed by atoms with Crippen molar-refractivity contribution >= 4 is 27.7 Å². The number of carbonyl (C=O) groups excluding carboxylic acids is 1. The summed E-state index contributed by atoms with van der Waals surface area (Å²) in [6, 6.07) is 6.32. The second kappa shape index (κ2) is 6.67. The van der Waals surface area contributed by atoms with Crippen LogP contribution in [0.25, 0.3) is 0 Å². The molecule has 1 aliphatic heterocycles. The number of benzene rings is 1. The molecule has 1 saturated carbocycles. The molecule has 2 amide bonds. The summed E-state index contributed by atoms with van der Waals surface area (Å²) in [5.74, 6) is 0.626. The van der Waals surface area contributed by atoms with Crippen LogP contribution in [0, 0.1) is 5.92 Å². The molecule has 6 nitrogen and oxygen atoms in total. The molecule has 1 aromatic rings. The van der Waals surface area contributed by atoms with Gasteiger partial charge in [0.25, 0.3) is 0 Å². The second-order valence-electron chi connectivity index (χ2n) is 5.95. The Kier molecular flexibility index (Phi) is 4.79. The SMILES string of the molecule is O=C(NCC1CC1)N1CCN(S(=O)(=O)c2ccccc2Cl)CC1. The first-order valence-corrected chi connectivity index (χ1v) is 9.58. The van der Waals surface area contributed by atoms with Crippen LogP contribution >= 0.6 is 11.6 Å². The van der Waals surface area contributed by atoms with Crippen LogP contribution in [0.4, 0.5) is 4.79 Å². The fourth-order valence-electron chi connectivity index (χ4n) is 2.59. The van der Waals surface area contributed by atoms with Crippen LogP contribution < -0.4 is 5.32 Å². The minimum absolute atomic E-state index is 0.105. The molecule has 0 bridgehead atoms. The van der Waals surface area contributed by atoms with Gasteiger partial charge in [-0.2, -0.15) is 4.31 Å². The minimum atomic E-state index is -3.61. The van der Waals surface area contributed by atoms with E-state index in [1.165, 1.54) is 23.2 Å². The van der Waals surface area contributed by atoms with Gasteiger partial charge >= 0.3 is 6.03 Å². The summed E-state index contributed by atoms with van der Waals surface area (Å²) in [5, 5.41) is 3.13. The number of sulfonamides is 1. The molecule has 3 rings (SSSR count). The van der Waals surface area contributed by atoms with E-state index in [2.05, 4.69) is 5.32 Å². The van der Waals surface area contributed by atoms with Crippen LogP contribution in [0.1, 0.15) is 12.8 Å². The summed E-state index contributed by atoms with van der Waals surface area (Å²) in [4.78, 5) is 13.8. The molecule has 0 aromatic heterocycles. The van der Waals surface area contributed by atoms with Gasteiger partial charge in [0.05, 0.1) is 5.02 Å². The Morgan fingerprint density at radius 3 is 2.43 bits per heavy atom. The number of hydrogen-bond donors (Lipinski definition) is 1. The molecule has 1 aliphatic carbocycles. The lowest BCUT2D eigenvalue weighted by atomic mass is 10.4. The maximum absolute atomic E-state index is 12.6. The van der Waals surface area contributed by atoms with Gasteiger partial charge in [0, 0.05) is 32.7 Å². The molecule has 0 radical (unpaired) electrons. The zero-order valence-corrected chi connectivity index (χ0v) is 14.3. The number of carbonyl (C=O) groups is 1. The van der Waals surface area contributed by atoms with Gasteiger partial charge in [-0.1, -0.05) is 23.7 Å². The van der Waals surface area contributed by atoms with E-state index < -0.39 is 10.0 Å². The normalized spacial score (nSPS) is 19.6. The first-order valence-electron chi connectivity index (χ1n) is 7.76. The van der Waals surface area contributed by atoms with Gasteiger partial charge in [-0.05, 0) is 30.9 Å². The second-order valence-corrected chi connectivity index (χ2v) is 8.26. The van der Waals surface area contributed by atoms with Crippen molar-refractivity contribution in [3.63, 3.8) is 0 Å². The van der Waals surface area contributed by atoms with Crippen molar-refractivity contribution in [2.24, 2.45) is 5.92 Å². The van der Waals surface area contributed by atoms with Crippen LogP contribution in [0.2, 0.25) is 5.02 Å². The van der Waals surface area contributed by atoms with Crippen LogP contribution in [0.3, 0.4) is 0 Å². The standard InChI is InChI=1S/C15H20ClN3O3S/c16-13-3-1-2-4-14(13)23(21,22)19-9-7-18(8-10-19)15(20)17-11-12-5-6-12/h1-4,12H,5-11H2,(H,17,20). The summed E-state index contributed by atoms with van der Waals surface area (Å²) >= 11 is 6.00. The smallest absolute Gasteiger partial charge is 0.317 e. The van der Waals surface area contributed by atoms with Crippen molar-refractivity contribution in [1.82, 2.24) is 14.5 Å². The largest absolute Gasteiger partial charge is 0.338 e. The fourth-order valence-corrected chi connectivity index (χ4v) is 4.51. The molecule has 1 aromatic carbocycles. The van der Waals surface area contributed by atoms with Crippen molar-refractivity contribution in [2.45, 2.75) is 17.7 Å². The number of urea groups is 1. The lowest BCUT2D eigenvalue weighted by molar-refractivity contribution is 0.172. The number of halogens is 1. The quantitative estimate of drug-likeness (QED) is 0.892. The van der Waals surface area contributed by atoms with Gasteiger partial charge in [-0.3, -0.25) is 0 Å². The molecule has 1 N–H and O–H groups in total. The van der Waals surface area contributed by atoms with E-state index in [0.717, 1.165) is 6.54 Å². The first-order chi connectivity index (χ1) is 11.0. The van der Waals surface area contributed by atoms with Gasteiger partial charge in [0.2, 0.25) is 10.0 Å². The third-order valence-electron chi connectivity index (χ3n) is 4.22. The maximum atomic E-state index is 12.6. The fraction of sp³-hybridized carbons (Fsp3) is 0.533. The Morgan fingerprint density at radius 1 is 1.17 bits per heavy atom. The van der Waals surface area contributed by atoms with E-state index in [1.54, 1.807) is 23.1 Å². The average molecular weight is 358 g/mol. The number of piperazine rings is 1. The average Bonchev–Trinajstić information content (AvgIpc) is 3.37. The van der Waals surface area contributed by atoms with Gasteiger partial charge < -0.3 is 10.2 Å². The van der Waals surface area contributed by atoms with E-state index in [-0.39, 0.29) is 29.0 Å². The highest BCUT2D eigenvalue weighted by Crippen LogP contribution is 2.28. The topological polar surface area (TPSA) is 69.7 Å². The van der Waals surface area contributed by atoms with E-state index in [9.17, 15) is 13.2 Å². The predicted octanol–water partition coefficient (Wildman–Crippen LogP) is 1.77. The third kappa shape index (κ3) is 3.79. The summed E-state index contributed by atoms with van der Waals surface area (Å²) < 4.78 is 26.6. The molecule has 1 heterocycles. The highest BCUT2D eigenvalue weighted by molar-refractivity contribution is 7.89. The molecule has 2 fully saturated rings. The monoisotopic (exact) mass is 357 g/mol. The number of nitrogens with zero attached hydrogens (tertiary/aromatic N) is 2. The van der Waals surface area contributed by atoms with E-state index in [0.29, 0.717) is 19.0 Å². The van der Waals surface area contributed by atoms with Gasteiger partial charge in [0.15, 0.2) is 0 Å². The Hall–Kier alpha value is -1.31. The molecule has 8 heteroatoms. The van der Waals surface area contributed by atoms with E-state index in [4.69, 9.17) is 11.6 Å². The number of nitrogens with one attached hydrogen (secondary N) is 1. The molecule has 0 atom stereocenters. The zero-order chi connectivity index (χ0) is 16.4. The molecule has 0 unspecified atom stereocenters. The van der Waals surface area contributed by atoms with Crippen LogP contribution in [-0.4, -0.2) is 56.4 Å². The van der Waals surface area contributed by atoms with Gasteiger partial charge in [-0.25, -0.2) is 13.2 Å². The zero-order valence-electron chi connectivity index (χ0n) is 12.7. The molecular formula is C15H20ClN3O3S. The van der Waals surface area contributed by atoms with Crippen molar-refractivity contribution in [2.75, 3.05) is 32.7 Å². The highest BCUT2D eigenvalue weighted by Gasteiger charge is 2.31. The van der Waals surface area contributed by atoms with E-state index in [1.807, 2.05) is 0 Å². The van der Waals surface area contributed by atoms with Gasteiger partial charge in [-0.15, -0.1) is 0 Å². The Labute approximate surface area is 141 Å². The van der Waals surface area contributed by atoms with Crippen LogP contribution in [0.5, 0.6) is 0 Å². The molecule has 1 saturated heterocycles. The molecule has 23 heavy (non-hydrogen) atoms. The Balaban J connectivity index is 1.59. The Morgan fingerprint density at radius 2 is 1.83 bits per heavy atom. The summed E-state index contributed by atoms with van der Waals surface area (Å²) in [5.41, 5.74) is 0. The number of hydrogen-bond acceptors (Lipinski definition) is 3. The molecule has 0 spiro atoms. The molecular weight excluding hydrogens is 338 g/mol. The first kappa shape index (κ1) is 16.5. The number of amides is 2. The number of rotatable bonds is 4. The van der Waals surface area contributed by atoms with Crippen LogP contribution in [0.15, 0.2) is 29.2 Å². The predicted molar refractivity (Wildman–Crippen MR) is 87.9 cm³/mol. The lowest BCUT2D eigenvalue weighted by Gasteiger charge is -2.34. The van der Waals surface area contributed by atoms with Crippen molar-refractivity contribution < 1.29 is 13.2 Å². The van der Waals surface area contributed by atoms with Crippen molar-refractivity contribution in [3.8, 4) is 0 Å². The minimum Gasteiger partial charge on any atom is -0.338 e. The lowest BCUT2D eigenvalue weighted by Crippen LogP contribution is -2.53. The van der Waals surface area contributed by atoms with Crippen molar-refractivity contribution in [3.05, 3.63) is 29.3 Å². The summed E-state index contributed by atoms with van der Waals surface area (Å²) in [6.45, 7) is 2.06. The van der Waals surface area contributed by atoms with Crippen molar-refractivity contribution in [1.29, 1.82) is 0 Å².